The predicted molar refractivity (Wildman–Crippen MR) is 93.3 cm³/mol. The van der Waals surface area contributed by atoms with Crippen molar-refractivity contribution in [3.8, 4) is 0 Å². The number of carbonyl (C=O) groups is 1. The second-order valence-corrected chi connectivity index (χ2v) is 6.08. The Hall–Kier alpha value is -2.40. The van der Waals surface area contributed by atoms with Crippen LogP contribution < -0.4 is 10.6 Å². The summed E-state index contributed by atoms with van der Waals surface area (Å²) in [6.07, 6.45) is 0.553. The number of anilines is 1. The highest BCUT2D eigenvalue weighted by atomic mass is 19.1. The zero-order valence-corrected chi connectivity index (χ0v) is 13.6. The van der Waals surface area contributed by atoms with Crippen molar-refractivity contribution in [3.05, 3.63) is 66.0 Å². The molecule has 1 unspecified atom stereocenters. The average molecular weight is 327 g/mol. The van der Waals surface area contributed by atoms with Crippen LogP contribution in [0.4, 0.5) is 10.1 Å². The molecule has 0 aliphatic carbocycles. The highest BCUT2D eigenvalue weighted by molar-refractivity contribution is 5.82. The molecule has 5 heteroatoms. The van der Waals surface area contributed by atoms with Gasteiger partial charge in [-0.3, -0.25) is 4.79 Å². The van der Waals surface area contributed by atoms with E-state index in [1.54, 1.807) is 12.1 Å². The number of carbonyl (C=O) groups excluding carboxylic acids is 1. The summed E-state index contributed by atoms with van der Waals surface area (Å²) in [7, 11) is 0. The van der Waals surface area contributed by atoms with Crippen molar-refractivity contribution < 1.29 is 9.18 Å². The summed E-state index contributed by atoms with van der Waals surface area (Å²) in [6, 6.07) is 15.8. The molecule has 1 aliphatic heterocycles. The van der Waals surface area contributed by atoms with Crippen molar-refractivity contribution in [1.29, 1.82) is 0 Å². The summed E-state index contributed by atoms with van der Waals surface area (Å²) in [5.41, 5.74) is 8.15. The maximum Gasteiger partial charge on any atom is 0.239 e. The summed E-state index contributed by atoms with van der Waals surface area (Å²) in [5.74, 6) is -0.239. The Labute approximate surface area is 141 Å². The van der Waals surface area contributed by atoms with Gasteiger partial charge in [-0.2, -0.15) is 0 Å². The lowest BCUT2D eigenvalue weighted by Gasteiger charge is -2.37. The van der Waals surface area contributed by atoms with Crippen molar-refractivity contribution in [3.63, 3.8) is 0 Å². The SMILES string of the molecule is NC(Cc1ccccc1)C(=O)N1CCN(c2ccc(F)cc2)CC1. The molecule has 0 saturated carbocycles. The molecule has 4 nitrogen and oxygen atoms in total. The molecule has 2 aromatic rings. The lowest BCUT2D eigenvalue weighted by Crippen LogP contribution is -2.53. The van der Waals surface area contributed by atoms with Gasteiger partial charge in [-0.15, -0.1) is 0 Å². The number of nitrogens with zero attached hydrogens (tertiary/aromatic N) is 2. The van der Waals surface area contributed by atoms with E-state index in [2.05, 4.69) is 4.90 Å². The lowest BCUT2D eigenvalue weighted by atomic mass is 10.1. The van der Waals surface area contributed by atoms with Gasteiger partial charge in [0, 0.05) is 31.9 Å². The number of hydrogen-bond acceptors (Lipinski definition) is 3. The van der Waals surface area contributed by atoms with E-state index < -0.39 is 6.04 Å². The van der Waals surface area contributed by atoms with Gasteiger partial charge in [0.1, 0.15) is 5.82 Å². The van der Waals surface area contributed by atoms with Crippen molar-refractivity contribution in [1.82, 2.24) is 4.90 Å². The lowest BCUT2D eigenvalue weighted by molar-refractivity contribution is -0.132. The second kappa shape index (κ2) is 7.45. The van der Waals surface area contributed by atoms with Crippen LogP contribution in [0, 0.1) is 5.82 Å². The molecular formula is C19H22FN3O. The normalized spacial score (nSPS) is 16.1. The van der Waals surface area contributed by atoms with E-state index in [4.69, 9.17) is 5.73 Å². The number of piperazine rings is 1. The number of hydrogen-bond donors (Lipinski definition) is 1. The summed E-state index contributed by atoms with van der Waals surface area (Å²) in [5, 5.41) is 0. The number of amides is 1. The number of nitrogens with two attached hydrogens (primary N) is 1. The molecule has 1 saturated heterocycles. The third kappa shape index (κ3) is 3.92. The number of benzene rings is 2. The van der Waals surface area contributed by atoms with Crippen LogP contribution in [-0.2, 0) is 11.2 Å². The van der Waals surface area contributed by atoms with E-state index >= 15 is 0 Å². The summed E-state index contributed by atoms with van der Waals surface area (Å²) in [6.45, 7) is 2.74. The standard InChI is InChI=1S/C19H22FN3O/c20-16-6-8-17(9-7-16)22-10-12-23(13-11-22)19(24)18(21)14-15-4-2-1-3-5-15/h1-9,18H,10-14,21H2. The molecule has 0 aromatic heterocycles. The fraction of sp³-hybridized carbons (Fsp3) is 0.316. The van der Waals surface area contributed by atoms with Gasteiger partial charge in [-0.1, -0.05) is 30.3 Å². The molecule has 24 heavy (non-hydrogen) atoms. The third-order valence-electron chi connectivity index (χ3n) is 4.40. The zero-order valence-electron chi connectivity index (χ0n) is 13.6. The first-order valence-electron chi connectivity index (χ1n) is 8.22. The van der Waals surface area contributed by atoms with Crippen molar-refractivity contribution >= 4 is 11.6 Å². The van der Waals surface area contributed by atoms with Crippen molar-refractivity contribution in [2.24, 2.45) is 5.73 Å². The van der Waals surface area contributed by atoms with E-state index in [0.717, 1.165) is 24.3 Å². The Balaban J connectivity index is 1.54. The molecule has 0 bridgehead atoms. The maximum atomic E-state index is 13.0. The minimum Gasteiger partial charge on any atom is -0.368 e. The van der Waals surface area contributed by atoms with Crippen LogP contribution >= 0.6 is 0 Å². The van der Waals surface area contributed by atoms with E-state index in [9.17, 15) is 9.18 Å². The summed E-state index contributed by atoms with van der Waals surface area (Å²) in [4.78, 5) is 16.5. The fourth-order valence-electron chi connectivity index (χ4n) is 3.03. The topological polar surface area (TPSA) is 49.6 Å². The summed E-state index contributed by atoms with van der Waals surface area (Å²) >= 11 is 0. The minimum atomic E-state index is -0.509. The third-order valence-corrected chi connectivity index (χ3v) is 4.40. The van der Waals surface area contributed by atoms with Gasteiger partial charge in [-0.25, -0.2) is 4.39 Å². The van der Waals surface area contributed by atoms with Crippen LogP contribution in [0.1, 0.15) is 5.56 Å². The van der Waals surface area contributed by atoms with Gasteiger partial charge in [0.05, 0.1) is 6.04 Å². The Kier molecular flexibility index (Phi) is 5.11. The Morgan fingerprint density at radius 1 is 1.00 bits per heavy atom. The van der Waals surface area contributed by atoms with E-state index in [-0.39, 0.29) is 11.7 Å². The molecule has 3 rings (SSSR count). The van der Waals surface area contributed by atoms with E-state index in [1.807, 2.05) is 35.2 Å². The highest BCUT2D eigenvalue weighted by Crippen LogP contribution is 2.17. The zero-order chi connectivity index (χ0) is 16.9. The van der Waals surface area contributed by atoms with Gasteiger partial charge in [0.15, 0.2) is 0 Å². The van der Waals surface area contributed by atoms with Crippen LogP contribution in [-0.4, -0.2) is 43.0 Å². The minimum absolute atomic E-state index is 0.00221. The molecule has 126 valence electrons. The molecule has 1 heterocycles. The Morgan fingerprint density at radius 3 is 2.25 bits per heavy atom. The molecule has 2 aromatic carbocycles. The number of rotatable bonds is 4. The van der Waals surface area contributed by atoms with Crippen LogP contribution in [0.5, 0.6) is 0 Å². The largest absolute Gasteiger partial charge is 0.368 e. The first-order chi connectivity index (χ1) is 11.6. The molecular weight excluding hydrogens is 305 g/mol. The maximum absolute atomic E-state index is 13.0. The van der Waals surface area contributed by atoms with Gasteiger partial charge in [0.2, 0.25) is 5.91 Å². The Bertz CT molecular complexity index is 667. The number of halogens is 1. The van der Waals surface area contributed by atoms with Crippen molar-refractivity contribution in [2.45, 2.75) is 12.5 Å². The first kappa shape index (κ1) is 16.5. The molecule has 0 radical (unpaired) electrons. The second-order valence-electron chi connectivity index (χ2n) is 6.08. The molecule has 1 fully saturated rings. The molecule has 1 atom stereocenters. The van der Waals surface area contributed by atoms with Gasteiger partial charge >= 0.3 is 0 Å². The monoisotopic (exact) mass is 327 g/mol. The van der Waals surface area contributed by atoms with Crippen LogP contribution in [0.3, 0.4) is 0 Å². The summed E-state index contributed by atoms with van der Waals surface area (Å²) < 4.78 is 13.0. The van der Waals surface area contributed by atoms with Crippen LogP contribution in [0.2, 0.25) is 0 Å². The van der Waals surface area contributed by atoms with Gasteiger partial charge < -0.3 is 15.5 Å². The first-order valence-corrected chi connectivity index (χ1v) is 8.22. The smallest absolute Gasteiger partial charge is 0.239 e. The molecule has 2 N–H and O–H groups in total. The van der Waals surface area contributed by atoms with E-state index in [1.165, 1.54) is 12.1 Å². The molecule has 0 spiro atoms. The van der Waals surface area contributed by atoms with Gasteiger partial charge in [-0.05, 0) is 36.2 Å². The fourth-order valence-corrected chi connectivity index (χ4v) is 3.03. The van der Waals surface area contributed by atoms with Gasteiger partial charge in [0.25, 0.3) is 0 Å². The van der Waals surface area contributed by atoms with Crippen molar-refractivity contribution in [2.75, 3.05) is 31.1 Å². The molecule has 1 amide bonds. The average Bonchev–Trinajstić information content (AvgIpc) is 2.63. The molecule has 1 aliphatic rings. The van der Waals surface area contributed by atoms with E-state index in [0.29, 0.717) is 19.5 Å². The predicted octanol–water partition coefficient (Wildman–Crippen LogP) is 2.04. The highest BCUT2D eigenvalue weighted by Gasteiger charge is 2.25. The quantitative estimate of drug-likeness (QED) is 0.935. The Morgan fingerprint density at radius 2 is 1.62 bits per heavy atom. The van der Waals surface area contributed by atoms with Crippen LogP contribution in [0.25, 0.3) is 0 Å². The van der Waals surface area contributed by atoms with Crippen LogP contribution in [0.15, 0.2) is 54.6 Å².